The fourth-order valence-electron chi connectivity index (χ4n) is 1.82. The van der Waals surface area contributed by atoms with Gasteiger partial charge >= 0.3 is 5.97 Å². The summed E-state index contributed by atoms with van der Waals surface area (Å²) < 4.78 is 19.4. The van der Waals surface area contributed by atoms with Gasteiger partial charge in [-0.2, -0.15) is 0 Å². The fourth-order valence-corrected chi connectivity index (χ4v) is 2.65. The van der Waals surface area contributed by atoms with E-state index in [-0.39, 0.29) is 27.9 Å². The average Bonchev–Trinajstić information content (AvgIpc) is 3.09. The molecule has 1 N–H and O–H groups in total. The van der Waals surface area contributed by atoms with Crippen molar-refractivity contribution in [2.45, 2.75) is 0 Å². The monoisotopic (exact) mass is 323 g/mol. The van der Waals surface area contributed by atoms with Crippen LogP contribution in [0, 0.1) is 5.82 Å². The second-order valence-electron chi connectivity index (χ2n) is 4.10. The number of oxazole rings is 1. The van der Waals surface area contributed by atoms with Crippen molar-refractivity contribution in [3.8, 4) is 22.1 Å². The molecule has 106 valence electrons. The van der Waals surface area contributed by atoms with Crippen molar-refractivity contribution in [3.63, 3.8) is 0 Å². The molecule has 21 heavy (non-hydrogen) atoms. The molecule has 3 aromatic rings. The first kappa shape index (κ1) is 13.8. The summed E-state index contributed by atoms with van der Waals surface area (Å²) in [5, 5.41) is 11.3. The van der Waals surface area contributed by atoms with Gasteiger partial charge in [-0.1, -0.05) is 17.7 Å². The van der Waals surface area contributed by atoms with Crippen LogP contribution in [0.4, 0.5) is 4.39 Å². The van der Waals surface area contributed by atoms with Crippen LogP contribution in [0.25, 0.3) is 22.1 Å². The number of halogens is 2. The largest absolute Gasteiger partial charge is 0.476 e. The Morgan fingerprint density at radius 3 is 2.86 bits per heavy atom. The maximum Gasteiger partial charge on any atom is 0.358 e. The van der Waals surface area contributed by atoms with Crippen LogP contribution in [-0.2, 0) is 0 Å². The van der Waals surface area contributed by atoms with E-state index in [9.17, 15) is 14.3 Å². The molecule has 4 nitrogen and oxygen atoms in total. The van der Waals surface area contributed by atoms with Crippen LogP contribution in [-0.4, -0.2) is 16.1 Å². The molecule has 0 aliphatic heterocycles. The molecule has 2 aromatic heterocycles. The normalized spacial score (nSPS) is 10.8. The first-order chi connectivity index (χ1) is 10.1. The number of carboxylic acids is 1. The van der Waals surface area contributed by atoms with E-state index in [0.29, 0.717) is 4.88 Å². The van der Waals surface area contributed by atoms with Crippen LogP contribution in [0.5, 0.6) is 0 Å². The highest BCUT2D eigenvalue weighted by Crippen LogP contribution is 2.34. The Bertz CT molecular complexity index is 814. The summed E-state index contributed by atoms with van der Waals surface area (Å²) in [6, 6.07) is 7.35. The van der Waals surface area contributed by atoms with Crippen LogP contribution in [0.15, 0.2) is 40.1 Å². The zero-order valence-electron chi connectivity index (χ0n) is 10.3. The zero-order valence-corrected chi connectivity index (χ0v) is 11.9. The predicted octanol–water partition coefficient (Wildman–Crippen LogP) is 4.56. The van der Waals surface area contributed by atoms with E-state index < -0.39 is 11.8 Å². The predicted molar refractivity (Wildman–Crippen MR) is 77.2 cm³/mol. The molecule has 0 fully saturated rings. The molecular formula is C14H7ClFNO3S. The van der Waals surface area contributed by atoms with Crippen molar-refractivity contribution in [2.24, 2.45) is 0 Å². The number of hydrogen-bond donors (Lipinski definition) is 1. The van der Waals surface area contributed by atoms with E-state index in [4.69, 9.17) is 16.0 Å². The minimum absolute atomic E-state index is 0.0322. The van der Waals surface area contributed by atoms with E-state index in [1.807, 2.05) is 0 Å². The highest BCUT2D eigenvalue weighted by Gasteiger charge is 2.24. The molecule has 0 unspecified atom stereocenters. The van der Waals surface area contributed by atoms with Gasteiger partial charge < -0.3 is 9.52 Å². The summed E-state index contributed by atoms with van der Waals surface area (Å²) in [4.78, 5) is 15.9. The summed E-state index contributed by atoms with van der Waals surface area (Å²) >= 11 is 7.17. The molecule has 0 atom stereocenters. The Hall–Kier alpha value is -2.18. The molecule has 0 aliphatic carbocycles. The maximum absolute atomic E-state index is 13.9. The van der Waals surface area contributed by atoms with E-state index in [2.05, 4.69) is 4.98 Å². The molecule has 0 bridgehead atoms. The van der Waals surface area contributed by atoms with E-state index in [1.165, 1.54) is 23.5 Å². The molecular weight excluding hydrogens is 317 g/mol. The molecule has 0 amide bonds. The van der Waals surface area contributed by atoms with Crippen LogP contribution in [0.3, 0.4) is 0 Å². The Labute approximate surface area is 127 Å². The first-order valence-electron chi connectivity index (χ1n) is 5.79. The average molecular weight is 324 g/mol. The lowest BCUT2D eigenvalue weighted by atomic mass is 10.1. The summed E-state index contributed by atoms with van der Waals surface area (Å²) in [7, 11) is 0. The third kappa shape index (κ3) is 2.55. The van der Waals surface area contributed by atoms with Gasteiger partial charge in [-0.25, -0.2) is 14.2 Å². The second-order valence-corrected chi connectivity index (χ2v) is 5.49. The van der Waals surface area contributed by atoms with Crippen LogP contribution in [0.1, 0.15) is 10.5 Å². The molecule has 7 heteroatoms. The van der Waals surface area contributed by atoms with Gasteiger partial charge in [0.2, 0.25) is 5.89 Å². The van der Waals surface area contributed by atoms with Crippen molar-refractivity contribution in [1.29, 1.82) is 0 Å². The number of thiophene rings is 1. The maximum atomic E-state index is 13.9. The van der Waals surface area contributed by atoms with E-state index in [1.54, 1.807) is 17.5 Å². The molecule has 0 saturated heterocycles. The minimum Gasteiger partial charge on any atom is -0.476 e. The number of carbonyl (C=O) groups is 1. The lowest BCUT2D eigenvalue weighted by molar-refractivity contribution is 0.0691. The molecule has 0 radical (unpaired) electrons. The minimum atomic E-state index is -1.30. The first-order valence-corrected chi connectivity index (χ1v) is 7.05. The molecule has 0 aliphatic rings. The summed E-state index contributed by atoms with van der Waals surface area (Å²) in [6.45, 7) is 0. The van der Waals surface area contributed by atoms with Crippen LogP contribution < -0.4 is 0 Å². The molecule has 3 rings (SSSR count). The number of benzene rings is 1. The Morgan fingerprint density at radius 2 is 2.19 bits per heavy atom. The van der Waals surface area contributed by atoms with Gasteiger partial charge in [0, 0.05) is 5.02 Å². The summed E-state index contributed by atoms with van der Waals surface area (Å²) in [6.07, 6.45) is 0. The van der Waals surface area contributed by atoms with Crippen LogP contribution in [0.2, 0.25) is 5.02 Å². The number of rotatable bonds is 3. The fraction of sp³-hybridized carbons (Fsp3) is 0. The van der Waals surface area contributed by atoms with E-state index in [0.717, 1.165) is 6.07 Å². The zero-order chi connectivity index (χ0) is 15.0. The van der Waals surface area contributed by atoms with Crippen molar-refractivity contribution >= 4 is 28.9 Å². The summed E-state index contributed by atoms with van der Waals surface area (Å²) in [5.74, 6) is -1.94. The van der Waals surface area contributed by atoms with Gasteiger partial charge in [-0.3, -0.25) is 0 Å². The highest BCUT2D eigenvalue weighted by molar-refractivity contribution is 7.13. The number of carboxylic acid groups (broad SMARTS) is 1. The summed E-state index contributed by atoms with van der Waals surface area (Å²) in [5.41, 5.74) is -0.380. The van der Waals surface area contributed by atoms with Gasteiger partial charge in [0.25, 0.3) is 0 Å². The third-order valence-electron chi connectivity index (χ3n) is 2.73. The molecule has 0 saturated carbocycles. The van der Waals surface area contributed by atoms with Gasteiger partial charge in [-0.05, 0) is 29.6 Å². The molecule has 1 aromatic carbocycles. The van der Waals surface area contributed by atoms with Gasteiger partial charge in [0.15, 0.2) is 11.5 Å². The standard InChI is InChI=1S/C14H7ClFNO3S/c15-7-3-4-9(16)8(6-7)12-11(14(18)19)17-13(20-12)10-2-1-5-21-10/h1-6H,(H,18,19). The number of aromatic carboxylic acids is 1. The van der Waals surface area contributed by atoms with Gasteiger partial charge in [-0.15, -0.1) is 11.3 Å². The number of nitrogens with zero attached hydrogens (tertiary/aromatic N) is 1. The van der Waals surface area contributed by atoms with Crippen molar-refractivity contribution in [1.82, 2.24) is 4.98 Å². The molecule has 2 heterocycles. The van der Waals surface area contributed by atoms with Crippen LogP contribution >= 0.6 is 22.9 Å². The smallest absolute Gasteiger partial charge is 0.358 e. The van der Waals surface area contributed by atoms with Gasteiger partial charge in [0.1, 0.15) is 5.82 Å². The number of aromatic nitrogens is 1. The number of hydrogen-bond acceptors (Lipinski definition) is 4. The Kier molecular flexibility index (Phi) is 3.48. The topological polar surface area (TPSA) is 63.3 Å². The third-order valence-corrected chi connectivity index (χ3v) is 3.83. The van der Waals surface area contributed by atoms with Crippen molar-refractivity contribution in [2.75, 3.05) is 0 Å². The lowest BCUT2D eigenvalue weighted by Gasteiger charge is -2.01. The van der Waals surface area contributed by atoms with Crippen molar-refractivity contribution < 1.29 is 18.7 Å². The Morgan fingerprint density at radius 1 is 1.38 bits per heavy atom. The SMILES string of the molecule is O=C(O)c1nc(-c2cccs2)oc1-c1cc(Cl)ccc1F. The highest BCUT2D eigenvalue weighted by atomic mass is 35.5. The Balaban J connectivity index is 2.21. The quantitative estimate of drug-likeness (QED) is 0.767. The molecule has 0 spiro atoms. The second kappa shape index (κ2) is 5.31. The lowest BCUT2D eigenvalue weighted by Crippen LogP contribution is -1.99. The van der Waals surface area contributed by atoms with E-state index >= 15 is 0 Å². The van der Waals surface area contributed by atoms with Crippen molar-refractivity contribution in [3.05, 3.63) is 52.2 Å². The van der Waals surface area contributed by atoms with Gasteiger partial charge in [0.05, 0.1) is 10.4 Å².